The number of nitrogens with zero attached hydrogens (tertiary/aromatic N) is 3. The Labute approximate surface area is 145 Å². The number of hydrogen-bond donors (Lipinski definition) is 0. The van der Waals surface area contributed by atoms with Crippen molar-refractivity contribution in [1.82, 2.24) is 14.5 Å². The number of thioether (sulfide) groups is 1. The molecule has 126 valence electrons. The van der Waals surface area contributed by atoms with E-state index in [1.165, 1.54) is 12.8 Å². The molecule has 5 nitrogen and oxygen atoms in total. The SMILES string of the molecule is O=C(c1ccc2c(=O)n3c(nc2c1)CCCCCC3)N1CCSC1. The van der Waals surface area contributed by atoms with Crippen LogP contribution in [0.1, 0.15) is 41.9 Å². The molecule has 1 aromatic heterocycles. The van der Waals surface area contributed by atoms with Gasteiger partial charge in [-0.25, -0.2) is 4.98 Å². The van der Waals surface area contributed by atoms with Crippen LogP contribution in [0.15, 0.2) is 23.0 Å². The highest BCUT2D eigenvalue weighted by molar-refractivity contribution is 7.99. The molecule has 0 radical (unpaired) electrons. The van der Waals surface area contributed by atoms with Crippen molar-refractivity contribution in [3.63, 3.8) is 0 Å². The molecule has 24 heavy (non-hydrogen) atoms. The lowest BCUT2D eigenvalue weighted by Crippen LogP contribution is -2.29. The summed E-state index contributed by atoms with van der Waals surface area (Å²) >= 11 is 1.77. The Morgan fingerprint density at radius 3 is 2.83 bits per heavy atom. The molecule has 0 bridgehead atoms. The van der Waals surface area contributed by atoms with Crippen molar-refractivity contribution in [3.8, 4) is 0 Å². The lowest BCUT2D eigenvalue weighted by molar-refractivity contribution is 0.0803. The van der Waals surface area contributed by atoms with Gasteiger partial charge in [-0.3, -0.25) is 14.2 Å². The third-order valence-electron chi connectivity index (χ3n) is 4.85. The van der Waals surface area contributed by atoms with Crippen LogP contribution >= 0.6 is 11.8 Å². The maximum absolute atomic E-state index is 12.8. The molecule has 0 saturated carbocycles. The van der Waals surface area contributed by atoms with Crippen molar-refractivity contribution >= 4 is 28.6 Å². The third kappa shape index (κ3) is 2.83. The van der Waals surface area contributed by atoms with Gasteiger partial charge in [-0.05, 0) is 31.0 Å². The summed E-state index contributed by atoms with van der Waals surface area (Å²) in [4.78, 5) is 32.0. The van der Waals surface area contributed by atoms with Crippen LogP contribution in [0.2, 0.25) is 0 Å². The van der Waals surface area contributed by atoms with Gasteiger partial charge in [0.25, 0.3) is 11.5 Å². The lowest BCUT2D eigenvalue weighted by Gasteiger charge is -2.17. The van der Waals surface area contributed by atoms with E-state index in [-0.39, 0.29) is 11.5 Å². The van der Waals surface area contributed by atoms with E-state index in [1.54, 1.807) is 30.0 Å². The molecule has 1 amide bonds. The first-order valence-corrected chi connectivity index (χ1v) is 9.80. The Hall–Kier alpha value is -1.82. The van der Waals surface area contributed by atoms with Crippen molar-refractivity contribution in [2.24, 2.45) is 0 Å². The Bertz CT molecular complexity index is 840. The first-order chi connectivity index (χ1) is 11.7. The number of fused-ring (bicyclic) bond motifs is 2. The molecule has 2 aliphatic heterocycles. The molecular formula is C18H21N3O2S. The summed E-state index contributed by atoms with van der Waals surface area (Å²) in [5, 5.41) is 0.617. The molecule has 3 heterocycles. The second-order valence-corrected chi connectivity index (χ2v) is 7.56. The van der Waals surface area contributed by atoms with Gasteiger partial charge in [0.15, 0.2) is 0 Å². The van der Waals surface area contributed by atoms with Crippen LogP contribution in [0.3, 0.4) is 0 Å². The molecule has 2 aliphatic rings. The maximum atomic E-state index is 12.8. The minimum absolute atomic E-state index is 0.0348. The van der Waals surface area contributed by atoms with Crippen LogP contribution in [0, 0.1) is 0 Å². The number of carbonyl (C=O) groups excluding carboxylic acids is 1. The van der Waals surface area contributed by atoms with Gasteiger partial charge in [-0.2, -0.15) is 0 Å². The van der Waals surface area contributed by atoms with Gasteiger partial charge >= 0.3 is 0 Å². The molecule has 0 atom stereocenters. The maximum Gasteiger partial charge on any atom is 0.261 e. The van der Waals surface area contributed by atoms with Crippen LogP contribution in [-0.4, -0.2) is 38.5 Å². The van der Waals surface area contributed by atoms with E-state index in [4.69, 9.17) is 4.98 Å². The van der Waals surface area contributed by atoms with E-state index in [1.807, 2.05) is 9.47 Å². The van der Waals surface area contributed by atoms with Crippen LogP contribution in [0.25, 0.3) is 10.9 Å². The zero-order valence-electron chi connectivity index (χ0n) is 13.7. The normalized spacial score (nSPS) is 18.2. The van der Waals surface area contributed by atoms with E-state index in [2.05, 4.69) is 0 Å². The van der Waals surface area contributed by atoms with Crippen LogP contribution in [0.4, 0.5) is 0 Å². The van der Waals surface area contributed by atoms with Gasteiger partial charge in [0.05, 0.1) is 16.8 Å². The Morgan fingerprint density at radius 2 is 2.00 bits per heavy atom. The molecule has 0 unspecified atom stereocenters. The van der Waals surface area contributed by atoms with Gasteiger partial charge in [0.1, 0.15) is 5.82 Å². The molecule has 2 aromatic rings. The molecule has 1 fully saturated rings. The second kappa shape index (κ2) is 6.59. The number of amides is 1. The van der Waals surface area contributed by atoms with E-state index >= 15 is 0 Å². The standard InChI is InChI=1S/C18H21N3O2S/c22-17(20-9-10-24-12-20)13-6-7-14-15(11-13)19-16-5-3-1-2-4-8-21(16)18(14)23/h6-7,11H,1-5,8-10,12H2. The molecule has 0 aliphatic carbocycles. The minimum atomic E-state index is 0.0348. The minimum Gasteiger partial charge on any atom is -0.329 e. The molecule has 1 aromatic carbocycles. The van der Waals surface area contributed by atoms with Gasteiger partial charge in [-0.1, -0.05) is 12.8 Å². The summed E-state index contributed by atoms with van der Waals surface area (Å²) < 4.78 is 1.83. The number of rotatable bonds is 1. The lowest BCUT2D eigenvalue weighted by atomic mass is 10.1. The van der Waals surface area contributed by atoms with Crippen molar-refractivity contribution in [3.05, 3.63) is 39.9 Å². The zero-order chi connectivity index (χ0) is 16.5. The van der Waals surface area contributed by atoms with E-state index in [0.29, 0.717) is 16.5 Å². The number of benzene rings is 1. The fourth-order valence-corrected chi connectivity index (χ4v) is 4.43. The highest BCUT2D eigenvalue weighted by atomic mass is 32.2. The Balaban J connectivity index is 1.77. The third-order valence-corrected chi connectivity index (χ3v) is 5.82. The van der Waals surface area contributed by atoms with E-state index < -0.39 is 0 Å². The van der Waals surface area contributed by atoms with Crippen molar-refractivity contribution in [2.75, 3.05) is 18.2 Å². The van der Waals surface area contributed by atoms with Crippen LogP contribution < -0.4 is 5.56 Å². The topological polar surface area (TPSA) is 55.2 Å². The second-order valence-electron chi connectivity index (χ2n) is 6.49. The number of hydrogen-bond acceptors (Lipinski definition) is 4. The Morgan fingerprint density at radius 1 is 1.12 bits per heavy atom. The summed E-state index contributed by atoms with van der Waals surface area (Å²) in [5.74, 6) is 2.65. The van der Waals surface area contributed by atoms with Crippen molar-refractivity contribution in [2.45, 2.75) is 38.6 Å². The average molecular weight is 343 g/mol. The summed E-state index contributed by atoms with van der Waals surface area (Å²) in [5.41, 5.74) is 1.32. The van der Waals surface area contributed by atoms with E-state index in [9.17, 15) is 9.59 Å². The molecule has 6 heteroatoms. The fourth-order valence-electron chi connectivity index (χ4n) is 3.48. The molecule has 1 saturated heterocycles. The van der Waals surface area contributed by atoms with Gasteiger partial charge < -0.3 is 4.90 Å². The average Bonchev–Trinajstić information content (AvgIpc) is 3.10. The van der Waals surface area contributed by atoms with Crippen LogP contribution in [0.5, 0.6) is 0 Å². The van der Waals surface area contributed by atoms with Gasteiger partial charge in [-0.15, -0.1) is 11.8 Å². The van der Waals surface area contributed by atoms with Crippen LogP contribution in [-0.2, 0) is 13.0 Å². The molecule has 0 N–H and O–H groups in total. The predicted molar refractivity (Wildman–Crippen MR) is 96.5 cm³/mol. The molecule has 4 rings (SSSR count). The van der Waals surface area contributed by atoms with Crippen molar-refractivity contribution in [1.29, 1.82) is 0 Å². The quantitative estimate of drug-likeness (QED) is 0.799. The zero-order valence-corrected chi connectivity index (χ0v) is 14.5. The molecule has 0 spiro atoms. The summed E-state index contributed by atoms with van der Waals surface area (Å²) in [6.07, 6.45) is 5.31. The summed E-state index contributed by atoms with van der Waals surface area (Å²) in [7, 11) is 0. The monoisotopic (exact) mass is 343 g/mol. The first kappa shape index (κ1) is 15.7. The highest BCUT2D eigenvalue weighted by Gasteiger charge is 2.21. The van der Waals surface area contributed by atoms with Gasteiger partial charge in [0, 0.05) is 30.8 Å². The number of aromatic nitrogens is 2. The van der Waals surface area contributed by atoms with Gasteiger partial charge in [0.2, 0.25) is 0 Å². The van der Waals surface area contributed by atoms with E-state index in [0.717, 1.165) is 49.8 Å². The summed E-state index contributed by atoms with van der Waals surface area (Å²) in [6.45, 7) is 1.55. The number of aryl methyl sites for hydroxylation is 1. The fraction of sp³-hybridized carbons (Fsp3) is 0.500. The van der Waals surface area contributed by atoms with Crippen molar-refractivity contribution < 1.29 is 4.79 Å². The molecular weight excluding hydrogens is 322 g/mol. The smallest absolute Gasteiger partial charge is 0.261 e. The predicted octanol–water partition coefficient (Wildman–Crippen LogP) is 2.66. The summed E-state index contributed by atoms with van der Waals surface area (Å²) in [6, 6.07) is 5.33. The largest absolute Gasteiger partial charge is 0.329 e. The highest BCUT2D eigenvalue weighted by Crippen LogP contribution is 2.20. The first-order valence-electron chi connectivity index (χ1n) is 8.64. The number of carbonyl (C=O) groups is 1. The Kier molecular flexibility index (Phi) is 4.31.